The van der Waals surface area contributed by atoms with E-state index in [2.05, 4.69) is 27.0 Å². The lowest BCUT2D eigenvalue weighted by Crippen LogP contribution is -2.29. The molecule has 5 nitrogen and oxygen atoms in total. The molecule has 23 heavy (non-hydrogen) atoms. The Hall–Kier alpha value is -1.98. The van der Waals surface area contributed by atoms with Crippen molar-refractivity contribution in [2.75, 3.05) is 13.2 Å². The van der Waals surface area contributed by atoms with Crippen LogP contribution in [0.3, 0.4) is 0 Å². The Morgan fingerprint density at radius 3 is 2.83 bits per heavy atom. The lowest BCUT2D eigenvalue weighted by atomic mass is 10.1. The Labute approximate surface area is 137 Å². The Balaban J connectivity index is 1.57. The van der Waals surface area contributed by atoms with Crippen molar-refractivity contribution in [2.45, 2.75) is 38.3 Å². The highest BCUT2D eigenvalue weighted by Gasteiger charge is 2.23. The monoisotopic (exact) mass is 313 g/mol. The fourth-order valence-electron chi connectivity index (χ4n) is 3.11. The maximum absolute atomic E-state index is 9.01. The summed E-state index contributed by atoms with van der Waals surface area (Å²) in [6, 6.07) is 8.77. The Morgan fingerprint density at radius 1 is 1.22 bits per heavy atom. The second kappa shape index (κ2) is 8.04. The van der Waals surface area contributed by atoms with Crippen LogP contribution in [0.25, 0.3) is 0 Å². The van der Waals surface area contributed by atoms with Gasteiger partial charge in [-0.1, -0.05) is 12.1 Å². The minimum Gasteiger partial charge on any atom is -0.438 e. The summed E-state index contributed by atoms with van der Waals surface area (Å²) in [7, 11) is 0. The number of nitrogens with zero attached hydrogens (tertiary/aromatic N) is 3. The van der Waals surface area contributed by atoms with Gasteiger partial charge in [0.2, 0.25) is 5.88 Å². The van der Waals surface area contributed by atoms with Crippen molar-refractivity contribution in [3.8, 4) is 11.6 Å². The number of aliphatic hydroxyl groups is 1. The molecule has 1 aliphatic rings. The van der Waals surface area contributed by atoms with Crippen LogP contribution in [0.15, 0.2) is 42.9 Å². The fourth-order valence-corrected chi connectivity index (χ4v) is 3.11. The minimum atomic E-state index is 0.290. The van der Waals surface area contributed by atoms with Crippen LogP contribution in [-0.4, -0.2) is 39.2 Å². The Morgan fingerprint density at radius 2 is 2.09 bits per heavy atom. The molecule has 1 N–H and O–H groups in total. The van der Waals surface area contributed by atoms with Gasteiger partial charge in [-0.15, -0.1) is 0 Å². The predicted octanol–water partition coefficient (Wildman–Crippen LogP) is 3.01. The maximum atomic E-state index is 9.01. The summed E-state index contributed by atoms with van der Waals surface area (Å²) in [5.41, 5.74) is 1.28. The first kappa shape index (κ1) is 15.9. The highest BCUT2D eigenvalue weighted by Crippen LogP contribution is 2.25. The molecule has 1 atom stereocenters. The van der Waals surface area contributed by atoms with Crippen LogP contribution in [0, 0.1) is 0 Å². The largest absolute Gasteiger partial charge is 0.438 e. The molecule has 0 amide bonds. The van der Waals surface area contributed by atoms with Crippen molar-refractivity contribution < 1.29 is 9.84 Å². The molecule has 0 radical (unpaired) electrons. The summed E-state index contributed by atoms with van der Waals surface area (Å²) < 4.78 is 5.66. The SMILES string of the molecule is OCCCC1CCCN1Cc1ccc(Oc2cnccn2)cc1. The fraction of sp³-hybridized carbons (Fsp3) is 0.444. The molecule has 1 aromatic carbocycles. The molecule has 0 spiro atoms. The number of benzene rings is 1. The number of likely N-dealkylation sites (tertiary alicyclic amines) is 1. The number of aromatic nitrogens is 2. The second-order valence-electron chi connectivity index (χ2n) is 5.92. The normalized spacial score (nSPS) is 18.2. The highest BCUT2D eigenvalue weighted by atomic mass is 16.5. The third-order valence-corrected chi connectivity index (χ3v) is 4.27. The van der Waals surface area contributed by atoms with Gasteiger partial charge in [-0.05, 0) is 49.9 Å². The van der Waals surface area contributed by atoms with E-state index in [1.54, 1.807) is 18.6 Å². The standard InChI is InChI=1S/C18H23N3O2/c22-12-2-4-16-3-1-11-21(16)14-15-5-7-17(8-6-15)23-18-13-19-9-10-20-18/h5-10,13,16,22H,1-4,11-12,14H2. The Kier molecular flexibility index (Phi) is 5.56. The molecular formula is C18H23N3O2. The molecular weight excluding hydrogens is 290 g/mol. The van der Waals surface area contributed by atoms with Gasteiger partial charge in [0.05, 0.1) is 6.20 Å². The molecule has 1 fully saturated rings. The summed E-state index contributed by atoms with van der Waals surface area (Å²) in [6.07, 6.45) is 9.32. The summed E-state index contributed by atoms with van der Waals surface area (Å²) >= 11 is 0. The summed E-state index contributed by atoms with van der Waals surface area (Å²) in [6.45, 7) is 2.40. The average Bonchev–Trinajstić information content (AvgIpc) is 3.03. The van der Waals surface area contributed by atoms with E-state index in [-0.39, 0.29) is 0 Å². The molecule has 1 saturated heterocycles. The van der Waals surface area contributed by atoms with Crippen molar-refractivity contribution in [3.63, 3.8) is 0 Å². The van der Waals surface area contributed by atoms with Gasteiger partial charge < -0.3 is 9.84 Å². The van der Waals surface area contributed by atoms with Crippen LogP contribution in [0.1, 0.15) is 31.2 Å². The zero-order valence-corrected chi connectivity index (χ0v) is 13.3. The second-order valence-corrected chi connectivity index (χ2v) is 5.92. The van der Waals surface area contributed by atoms with E-state index in [1.807, 2.05) is 12.1 Å². The summed E-state index contributed by atoms with van der Waals surface area (Å²) in [4.78, 5) is 10.6. The van der Waals surface area contributed by atoms with E-state index in [0.717, 1.165) is 31.7 Å². The first-order valence-corrected chi connectivity index (χ1v) is 8.23. The van der Waals surface area contributed by atoms with Gasteiger partial charge in [-0.25, -0.2) is 4.98 Å². The smallest absolute Gasteiger partial charge is 0.237 e. The van der Waals surface area contributed by atoms with E-state index in [4.69, 9.17) is 9.84 Å². The zero-order chi connectivity index (χ0) is 15.9. The number of aliphatic hydroxyl groups excluding tert-OH is 1. The van der Waals surface area contributed by atoms with Crippen molar-refractivity contribution in [1.82, 2.24) is 14.9 Å². The third kappa shape index (κ3) is 4.50. The van der Waals surface area contributed by atoms with Gasteiger partial charge in [0.1, 0.15) is 5.75 Å². The van der Waals surface area contributed by atoms with E-state index in [1.165, 1.54) is 18.4 Å². The number of hydrogen-bond donors (Lipinski definition) is 1. The van der Waals surface area contributed by atoms with Gasteiger partial charge >= 0.3 is 0 Å². The van der Waals surface area contributed by atoms with Crippen molar-refractivity contribution in [3.05, 3.63) is 48.4 Å². The molecule has 0 bridgehead atoms. The van der Waals surface area contributed by atoms with Gasteiger partial charge in [-0.2, -0.15) is 0 Å². The van der Waals surface area contributed by atoms with Crippen molar-refractivity contribution in [2.24, 2.45) is 0 Å². The molecule has 122 valence electrons. The molecule has 0 aliphatic carbocycles. The van der Waals surface area contributed by atoms with Gasteiger partial charge in [0.25, 0.3) is 0 Å². The highest BCUT2D eigenvalue weighted by molar-refractivity contribution is 5.30. The van der Waals surface area contributed by atoms with E-state index < -0.39 is 0 Å². The molecule has 2 heterocycles. The molecule has 1 unspecified atom stereocenters. The van der Waals surface area contributed by atoms with Crippen molar-refractivity contribution in [1.29, 1.82) is 0 Å². The topological polar surface area (TPSA) is 58.5 Å². The molecule has 5 heteroatoms. The molecule has 0 saturated carbocycles. The van der Waals surface area contributed by atoms with E-state index in [9.17, 15) is 0 Å². The van der Waals surface area contributed by atoms with E-state index >= 15 is 0 Å². The number of hydrogen-bond acceptors (Lipinski definition) is 5. The van der Waals surface area contributed by atoms with Gasteiger partial charge in [-0.3, -0.25) is 9.88 Å². The quantitative estimate of drug-likeness (QED) is 0.851. The first-order valence-electron chi connectivity index (χ1n) is 8.23. The molecule has 3 rings (SSSR count). The van der Waals surface area contributed by atoms with Gasteiger partial charge in [0.15, 0.2) is 0 Å². The summed E-state index contributed by atoms with van der Waals surface area (Å²) in [5, 5.41) is 9.01. The molecule has 2 aromatic rings. The first-order chi connectivity index (χ1) is 11.3. The van der Waals surface area contributed by atoms with Crippen LogP contribution >= 0.6 is 0 Å². The van der Waals surface area contributed by atoms with Gasteiger partial charge in [0, 0.05) is 31.6 Å². The molecule has 1 aromatic heterocycles. The van der Waals surface area contributed by atoms with Crippen LogP contribution in [-0.2, 0) is 6.54 Å². The van der Waals surface area contributed by atoms with Crippen molar-refractivity contribution >= 4 is 0 Å². The lowest BCUT2D eigenvalue weighted by molar-refractivity contribution is 0.210. The average molecular weight is 313 g/mol. The number of ether oxygens (including phenoxy) is 1. The van der Waals surface area contributed by atoms with Crippen LogP contribution < -0.4 is 4.74 Å². The maximum Gasteiger partial charge on any atom is 0.237 e. The Bertz CT molecular complexity index is 589. The van der Waals surface area contributed by atoms with Crippen LogP contribution in [0.5, 0.6) is 11.6 Å². The number of rotatable bonds is 7. The third-order valence-electron chi connectivity index (χ3n) is 4.27. The molecule has 1 aliphatic heterocycles. The van der Waals surface area contributed by atoms with Crippen LogP contribution in [0.4, 0.5) is 0 Å². The minimum absolute atomic E-state index is 0.290. The lowest BCUT2D eigenvalue weighted by Gasteiger charge is -2.24. The van der Waals surface area contributed by atoms with E-state index in [0.29, 0.717) is 18.5 Å². The van der Waals surface area contributed by atoms with Crippen LogP contribution in [0.2, 0.25) is 0 Å². The predicted molar refractivity (Wildman–Crippen MR) is 88.3 cm³/mol. The zero-order valence-electron chi connectivity index (χ0n) is 13.3. The summed E-state index contributed by atoms with van der Waals surface area (Å²) in [5.74, 6) is 1.27.